The van der Waals surface area contributed by atoms with Crippen LogP contribution in [0.2, 0.25) is 0 Å². The molecule has 4 atom stereocenters. The van der Waals surface area contributed by atoms with E-state index < -0.39 is 60.2 Å². The molecule has 4 unspecified atom stereocenters. The predicted octanol–water partition coefficient (Wildman–Crippen LogP) is -1.01. The maximum Gasteiger partial charge on any atom is 0.326 e. The fourth-order valence-corrected chi connectivity index (χ4v) is 4.04. The molecule has 0 aliphatic carbocycles. The molecule has 0 bridgehead atoms. The zero-order valence-electron chi connectivity index (χ0n) is 19.1. The number of nitrogens with one attached hydrogen (secondary N) is 3. The molecule has 0 aromatic carbocycles. The lowest BCUT2D eigenvalue weighted by Gasteiger charge is -2.24. The van der Waals surface area contributed by atoms with Crippen molar-refractivity contribution in [2.45, 2.75) is 49.9 Å². The molecule has 33 heavy (non-hydrogen) atoms. The number of thioether (sulfide) groups is 3. The van der Waals surface area contributed by atoms with Crippen LogP contribution in [0.1, 0.15) is 25.7 Å². The monoisotopic (exact) mass is 525 g/mol. The van der Waals surface area contributed by atoms with Crippen molar-refractivity contribution in [3.63, 3.8) is 0 Å². The van der Waals surface area contributed by atoms with Gasteiger partial charge in [0.05, 0.1) is 12.5 Å². The maximum absolute atomic E-state index is 12.9. The highest BCUT2D eigenvalue weighted by Gasteiger charge is 2.31. The van der Waals surface area contributed by atoms with Crippen LogP contribution in [0.4, 0.5) is 0 Å². The number of aliphatic carboxylic acids is 1. The van der Waals surface area contributed by atoms with E-state index in [0.717, 1.165) is 0 Å². The smallest absolute Gasteiger partial charge is 0.326 e. The van der Waals surface area contributed by atoms with Crippen LogP contribution in [0.15, 0.2) is 0 Å². The number of primary amides is 1. The van der Waals surface area contributed by atoms with Crippen molar-refractivity contribution in [2.24, 2.45) is 11.5 Å². The first-order chi connectivity index (χ1) is 15.6. The van der Waals surface area contributed by atoms with Crippen LogP contribution >= 0.6 is 35.3 Å². The first-order valence-corrected chi connectivity index (χ1v) is 14.4. The predicted molar refractivity (Wildman–Crippen MR) is 134 cm³/mol. The largest absolute Gasteiger partial charge is 0.480 e. The third-order valence-corrected chi connectivity index (χ3v) is 6.41. The molecule has 0 radical (unpaired) electrons. The highest BCUT2D eigenvalue weighted by molar-refractivity contribution is 7.98. The van der Waals surface area contributed by atoms with Crippen LogP contribution in [-0.4, -0.2) is 94.9 Å². The second-order valence-corrected chi connectivity index (χ2v) is 10.1. The van der Waals surface area contributed by atoms with E-state index in [2.05, 4.69) is 16.0 Å². The Morgan fingerprint density at radius 1 is 0.727 bits per heavy atom. The SMILES string of the molecule is CSCCC(N)C(=O)NC(CCSC)C(=O)NC(CC(N)=O)C(=O)NC(CCSC)C(=O)O. The van der Waals surface area contributed by atoms with Crippen molar-refractivity contribution in [3.05, 3.63) is 0 Å². The van der Waals surface area contributed by atoms with Gasteiger partial charge in [-0.1, -0.05) is 0 Å². The zero-order valence-corrected chi connectivity index (χ0v) is 21.6. The van der Waals surface area contributed by atoms with Gasteiger partial charge in [-0.15, -0.1) is 0 Å². The minimum atomic E-state index is -1.38. The van der Waals surface area contributed by atoms with E-state index >= 15 is 0 Å². The van der Waals surface area contributed by atoms with Crippen LogP contribution < -0.4 is 27.4 Å². The Kier molecular flexibility index (Phi) is 16.9. The summed E-state index contributed by atoms with van der Waals surface area (Å²) in [5.74, 6) is -2.40. The molecule has 0 fully saturated rings. The molecule has 0 saturated heterocycles. The highest BCUT2D eigenvalue weighted by Crippen LogP contribution is 2.06. The first kappa shape index (κ1) is 31.4. The van der Waals surface area contributed by atoms with E-state index in [-0.39, 0.29) is 12.8 Å². The minimum absolute atomic E-state index is 0.166. The Morgan fingerprint density at radius 3 is 1.64 bits per heavy atom. The lowest BCUT2D eigenvalue weighted by Crippen LogP contribution is -2.58. The van der Waals surface area contributed by atoms with Crippen LogP contribution in [0.5, 0.6) is 0 Å². The molecule has 0 spiro atoms. The summed E-state index contributed by atoms with van der Waals surface area (Å²) in [5.41, 5.74) is 11.1. The van der Waals surface area contributed by atoms with Crippen molar-refractivity contribution in [1.82, 2.24) is 16.0 Å². The Hall–Kier alpha value is -1.64. The van der Waals surface area contributed by atoms with Gasteiger partial charge in [0, 0.05) is 0 Å². The Balaban J connectivity index is 5.39. The molecule has 4 amide bonds. The quantitative estimate of drug-likeness (QED) is 0.129. The maximum atomic E-state index is 12.9. The lowest BCUT2D eigenvalue weighted by molar-refractivity contribution is -0.142. The Labute approximate surface area is 207 Å². The highest BCUT2D eigenvalue weighted by atomic mass is 32.2. The van der Waals surface area contributed by atoms with Gasteiger partial charge >= 0.3 is 5.97 Å². The Bertz CT molecular complexity index is 670. The summed E-state index contributed by atoms with van der Waals surface area (Å²) in [6.07, 6.45) is 5.87. The molecule has 8 N–H and O–H groups in total. The van der Waals surface area contributed by atoms with Crippen LogP contribution in [0, 0.1) is 0 Å². The minimum Gasteiger partial charge on any atom is -0.480 e. The standard InChI is InChI=1S/C19H35N5O6S3/c1-31-7-4-11(20)16(26)22-12(5-8-32-2)17(27)24-14(10-15(21)25)18(28)23-13(19(29)30)6-9-33-3/h11-14H,4-10,20H2,1-3H3,(H2,21,25)(H,22,26)(H,23,28)(H,24,27)(H,29,30). The molecular formula is C19H35N5O6S3. The van der Waals surface area contributed by atoms with Crippen molar-refractivity contribution >= 4 is 64.9 Å². The molecule has 0 aliphatic heterocycles. The van der Waals surface area contributed by atoms with Crippen molar-refractivity contribution < 1.29 is 29.1 Å². The summed E-state index contributed by atoms with van der Waals surface area (Å²) in [4.78, 5) is 60.8. The average Bonchev–Trinajstić information content (AvgIpc) is 2.76. The topological polar surface area (TPSA) is 194 Å². The van der Waals surface area contributed by atoms with E-state index in [1.165, 1.54) is 23.5 Å². The summed E-state index contributed by atoms with van der Waals surface area (Å²) >= 11 is 4.42. The van der Waals surface area contributed by atoms with E-state index in [1.807, 2.05) is 12.5 Å². The normalized spacial score (nSPS) is 14.4. The summed E-state index contributed by atoms with van der Waals surface area (Å²) in [6, 6.07) is -4.34. The summed E-state index contributed by atoms with van der Waals surface area (Å²) in [6.45, 7) is 0. The van der Waals surface area contributed by atoms with E-state index in [4.69, 9.17) is 11.5 Å². The second-order valence-electron chi connectivity index (χ2n) is 7.14. The molecule has 0 rings (SSSR count). The van der Waals surface area contributed by atoms with Gasteiger partial charge in [-0.25, -0.2) is 4.79 Å². The molecule has 0 saturated carbocycles. The molecule has 11 nitrogen and oxygen atoms in total. The molecule has 0 heterocycles. The lowest BCUT2D eigenvalue weighted by atomic mass is 10.1. The average molecular weight is 526 g/mol. The van der Waals surface area contributed by atoms with Crippen LogP contribution in [-0.2, 0) is 24.0 Å². The van der Waals surface area contributed by atoms with Gasteiger partial charge in [0.25, 0.3) is 0 Å². The van der Waals surface area contributed by atoms with Gasteiger partial charge in [-0.05, 0) is 55.3 Å². The molecule has 190 valence electrons. The molecular weight excluding hydrogens is 490 g/mol. The summed E-state index contributed by atoms with van der Waals surface area (Å²) in [5, 5.41) is 16.7. The van der Waals surface area contributed by atoms with Crippen molar-refractivity contribution in [2.75, 3.05) is 36.0 Å². The van der Waals surface area contributed by atoms with E-state index in [9.17, 15) is 29.1 Å². The number of hydrogen-bond donors (Lipinski definition) is 6. The summed E-state index contributed by atoms with van der Waals surface area (Å²) < 4.78 is 0. The zero-order chi connectivity index (χ0) is 25.4. The van der Waals surface area contributed by atoms with Gasteiger partial charge in [-0.2, -0.15) is 35.3 Å². The van der Waals surface area contributed by atoms with Gasteiger partial charge in [-0.3, -0.25) is 19.2 Å². The third kappa shape index (κ3) is 13.6. The van der Waals surface area contributed by atoms with Crippen molar-refractivity contribution in [3.8, 4) is 0 Å². The second kappa shape index (κ2) is 17.8. The number of carboxylic acid groups (broad SMARTS) is 1. The van der Waals surface area contributed by atoms with Crippen LogP contribution in [0.25, 0.3) is 0 Å². The summed E-state index contributed by atoms with van der Waals surface area (Å²) in [7, 11) is 0. The first-order valence-electron chi connectivity index (χ1n) is 10.2. The fraction of sp³-hybridized carbons (Fsp3) is 0.737. The van der Waals surface area contributed by atoms with Gasteiger partial charge in [0.15, 0.2) is 0 Å². The van der Waals surface area contributed by atoms with Gasteiger partial charge in [0.1, 0.15) is 18.1 Å². The molecule has 0 aliphatic rings. The van der Waals surface area contributed by atoms with Crippen LogP contribution in [0.3, 0.4) is 0 Å². The van der Waals surface area contributed by atoms with Gasteiger partial charge < -0.3 is 32.5 Å². The number of amides is 4. The molecule has 14 heteroatoms. The number of hydrogen-bond acceptors (Lipinski definition) is 9. The number of carbonyl (C=O) groups is 5. The van der Waals surface area contributed by atoms with E-state index in [0.29, 0.717) is 23.7 Å². The number of carbonyl (C=O) groups excluding carboxylic acids is 4. The number of nitrogens with two attached hydrogens (primary N) is 2. The number of carboxylic acids is 1. The number of rotatable bonds is 18. The van der Waals surface area contributed by atoms with E-state index in [1.54, 1.807) is 18.0 Å². The van der Waals surface area contributed by atoms with Crippen molar-refractivity contribution in [1.29, 1.82) is 0 Å². The Morgan fingerprint density at radius 2 is 1.15 bits per heavy atom. The molecule has 0 aromatic rings. The fourth-order valence-electron chi connectivity index (χ4n) is 2.61. The third-order valence-electron chi connectivity index (χ3n) is 4.48. The van der Waals surface area contributed by atoms with Gasteiger partial charge in [0.2, 0.25) is 23.6 Å². The molecule has 0 aromatic heterocycles.